The molecule has 0 aliphatic carbocycles. The number of likely N-dealkylation sites (tertiary alicyclic amines) is 1. The molecular formula is C24H32N6O6. The first-order chi connectivity index (χ1) is 17.1. The van der Waals surface area contributed by atoms with Gasteiger partial charge in [-0.25, -0.2) is 5.48 Å². The van der Waals surface area contributed by atoms with Gasteiger partial charge in [-0.2, -0.15) is 0 Å². The van der Waals surface area contributed by atoms with Gasteiger partial charge in [-0.05, 0) is 30.9 Å². The van der Waals surface area contributed by atoms with Gasteiger partial charge in [-0.15, -0.1) is 0 Å². The van der Waals surface area contributed by atoms with Gasteiger partial charge in [0.1, 0.15) is 18.1 Å². The highest BCUT2D eigenvalue weighted by Crippen LogP contribution is 2.22. The molecule has 0 bridgehead atoms. The molecule has 2 unspecified atom stereocenters. The summed E-state index contributed by atoms with van der Waals surface area (Å²) in [6.07, 6.45) is 2.65. The molecule has 6 N–H and O–H groups in total. The van der Waals surface area contributed by atoms with Gasteiger partial charge in [0, 0.05) is 50.5 Å². The highest BCUT2D eigenvalue weighted by atomic mass is 16.5. The van der Waals surface area contributed by atoms with Gasteiger partial charge in [0.05, 0.1) is 0 Å². The monoisotopic (exact) mass is 500 g/mol. The second-order valence-corrected chi connectivity index (χ2v) is 8.94. The minimum absolute atomic E-state index is 0.0586. The van der Waals surface area contributed by atoms with Crippen LogP contribution in [0, 0.1) is 0 Å². The first kappa shape index (κ1) is 26.7. The van der Waals surface area contributed by atoms with Crippen LogP contribution in [0.3, 0.4) is 0 Å². The average Bonchev–Trinajstić information content (AvgIpc) is 3.50. The summed E-state index contributed by atoms with van der Waals surface area (Å²) in [5.74, 6) is -2.85. The number of hydroxylamine groups is 1. The van der Waals surface area contributed by atoms with Crippen LogP contribution in [-0.2, 0) is 30.4 Å². The highest BCUT2D eigenvalue weighted by molar-refractivity contribution is 5.95. The van der Waals surface area contributed by atoms with E-state index in [9.17, 15) is 29.2 Å². The zero-order valence-corrected chi connectivity index (χ0v) is 20.3. The molecule has 1 aliphatic heterocycles. The Hall–Kier alpha value is -3.93. The molecule has 3 rings (SSSR count). The molecule has 12 heteroatoms. The quantitative estimate of drug-likeness (QED) is 0.223. The second-order valence-electron chi connectivity index (χ2n) is 8.94. The highest BCUT2D eigenvalue weighted by Gasteiger charge is 2.38. The molecule has 1 saturated heterocycles. The predicted molar refractivity (Wildman–Crippen MR) is 129 cm³/mol. The summed E-state index contributed by atoms with van der Waals surface area (Å²) in [7, 11) is 1.42. The number of nitrogens with zero attached hydrogens (tertiary/aromatic N) is 2. The van der Waals surface area contributed by atoms with Gasteiger partial charge in [0.15, 0.2) is 0 Å². The van der Waals surface area contributed by atoms with Crippen molar-refractivity contribution in [2.75, 3.05) is 13.6 Å². The number of hydrogen-bond acceptors (Lipinski definition) is 6. The van der Waals surface area contributed by atoms with Gasteiger partial charge < -0.3 is 25.8 Å². The van der Waals surface area contributed by atoms with Crippen molar-refractivity contribution in [2.24, 2.45) is 5.73 Å². The zero-order valence-electron chi connectivity index (χ0n) is 20.3. The molecule has 0 radical (unpaired) electrons. The van der Waals surface area contributed by atoms with Crippen LogP contribution < -0.4 is 16.5 Å². The van der Waals surface area contributed by atoms with Crippen molar-refractivity contribution in [1.29, 1.82) is 0 Å². The molecule has 12 nitrogen and oxygen atoms in total. The van der Waals surface area contributed by atoms with E-state index in [1.807, 2.05) is 24.3 Å². The minimum atomic E-state index is -1.17. The molecule has 5 amide bonds. The Labute approximate surface area is 208 Å². The van der Waals surface area contributed by atoms with E-state index in [2.05, 4.69) is 10.3 Å². The number of rotatable bonds is 10. The number of H-pyrrole nitrogens is 1. The maximum atomic E-state index is 13.3. The Balaban J connectivity index is 1.81. The van der Waals surface area contributed by atoms with Crippen LogP contribution in [0.25, 0.3) is 10.9 Å². The summed E-state index contributed by atoms with van der Waals surface area (Å²) in [4.78, 5) is 68.2. The number of hydrogen-bond donors (Lipinski definition) is 5. The summed E-state index contributed by atoms with van der Waals surface area (Å²) in [6, 6.07) is 4.42. The van der Waals surface area contributed by atoms with Crippen LogP contribution in [0.1, 0.15) is 38.2 Å². The molecule has 2 aromatic rings. The van der Waals surface area contributed by atoms with Gasteiger partial charge in [0.2, 0.25) is 23.6 Å². The number of aromatic amines is 1. The van der Waals surface area contributed by atoms with Crippen molar-refractivity contribution >= 4 is 40.4 Å². The standard InChI is InChI=1S/C24H32N6O6/c1-14(31)30-11-5-8-20(30)24(35)29(2)19(9-10-21(25)32)23(34)27-18(22(33)28-36)12-15-13-26-17-7-4-3-6-16(15)17/h3-4,6-7,13,18-20,26,36H,5,8-12H2,1-2H3,(H2,25,32)(H,27,34)(H,28,33)/t18?,19?,20-/m0/s1. The molecule has 1 aromatic carbocycles. The lowest BCUT2D eigenvalue weighted by molar-refractivity contribution is -0.147. The number of aromatic nitrogens is 1. The predicted octanol–water partition coefficient (Wildman–Crippen LogP) is -0.196. The van der Waals surface area contributed by atoms with Gasteiger partial charge in [0.25, 0.3) is 5.91 Å². The number of amides is 5. The van der Waals surface area contributed by atoms with Crippen molar-refractivity contribution in [3.05, 3.63) is 36.0 Å². The fraction of sp³-hybridized carbons (Fsp3) is 0.458. The Bertz CT molecular complexity index is 1150. The van der Waals surface area contributed by atoms with E-state index in [-0.39, 0.29) is 25.2 Å². The topological polar surface area (TPSA) is 178 Å². The maximum Gasteiger partial charge on any atom is 0.266 e. The van der Waals surface area contributed by atoms with Crippen LogP contribution >= 0.6 is 0 Å². The van der Waals surface area contributed by atoms with E-state index in [1.54, 1.807) is 11.7 Å². The Kier molecular flexibility index (Phi) is 8.64. The zero-order chi connectivity index (χ0) is 26.4. The number of benzene rings is 1. The molecule has 194 valence electrons. The molecular weight excluding hydrogens is 468 g/mol. The molecule has 0 saturated carbocycles. The van der Waals surface area contributed by atoms with Crippen molar-refractivity contribution < 1.29 is 29.2 Å². The smallest absolute Gasteiger partial charge is 0.266 e. The first-order valence-corrected chi connectivity index (χ1v) is 11.8. The molecule has 1 aromatic heterocycles. The lowest BCUT2D eigenvalue weighted by Gasteiger charge is -2.33. The summed E-state index contributed by atoms with van der Waals surface area (Å²) >= 11 is 0. The molecule has 2 heterocycles. The Morgan fingerprint density at radius 3 is 2.61 bits per heavy atom. The van der Waals surface area contributed by atoms with E-state index >= 15 is 0 Å². The lowest BCUT2D eigenvalue weighted by atomic mass is 10.0. The molecule has 1 aliphatic rings. The largest absolute Gasteiger partial charge is 0.370 e. The van der Waals surface area contributed by atoms with E-state index in [4.69, 9.17) is 5.73 Å². The van der Waals surface area contributed by atoms with Crippen LogP contribution in [0.4, 0.5) is 0 Å². The van der Waals surface area contributed by atoms with Crippen molar-refractivity contribution in [2.45, 2.75) is 57.2 Å². The Morgan fingerprint density at radius 1 is 1.22 bits per heavy atom. The third kappa shape index (κ3) is 6.00. The number of fused-ring (bicyclic) bond motifs is 1. The third-order valence-corrected chi connectivity index (χ3v) is 6.57. The van der Waals surface area contributed by atoms with E-state index in [1.165, 1.54) is 23.8 Å². The van der Waals surface area contributed by atoms with Gasteiger partial charge >= 0.3 is 0 Å². The molecule has 3 atom stereocenters. The molecule has 36 heavy (non-hydrogen) atoms. The van der Waals surface area contributed by atoms with Crippen LogP contribution in [0.15, 0.2) is 30.5 Å². The number of likely N-dealkylation sites (N-methyl/N-ethyl adjacent to an activating group) is 1. The summed E-state index contributed by atoms with van der Waals surface area (Å²) < 4.78 is 0. The minimum Gasteiger partial charge on any atom is -0.370 e. The van der Waals surface area contributed by atoms with E-state index < -0.39 is 41.8 Å². The number of para-hydroxylation sites is 1. The second kappa shape index (κ2) is 11.7. The normalized spacial score (nSPS) is 16.9. The van der Waals surface area contributed by atoms with Crippen molar-refractivity contribution in [3.8, 4) is 0 Å². The third-order valence-electron chi connectivity index (χ3n) is 6.57. The lowest BCUT2D eigenvalue weighted by Crippen LogP contribution is -2.57. The van der Waals surface area contributed by atoms with Crippen molar-refractivity contribution in [3.63, 3.8) is 0 Å². The fourth-order valence-corrected chi connectivity index (χ4v) is 4.64. The summed E-state index contributed by atoms with van der Waals surface area (Å²) in [5.41, 5.74) is 8.44. The molecule has 0 spiro atoms. The fourth-order valence-electron chi connectivity index (χ4n) is 4.64. The van der Waals surface area contributed by atoms with Gasteiger partial charge in [-0.1, -0.05) is 18.2 Å². The SMILES string of the molecule is CC(=O)N1CCC[C@H]1C(=O)N(C)C(CCC(N)=O)C(=O)NC(Cc1c[nH]c2ccccc12)C(=O)NO. The number of carbonyl (C=O) groups excluding carboxylic acids is 5. The van der Waals surface area contributed by atoms with Crippen molar-refractivity contribution in [1.82, 2.24) is 25.6 Å². The number of nitrogens with one attached hydrogen (secondary N) is 3. The van der Waals surface area contributed by atoms with Crippen LogP contribution in [-0.4, -0.2) is 81.2 Å². The number of carbonyl (C=O) groups is 5. The van der Waals surface area contributed by atoms with E-state index in [0.29, 0.717) is 19.4 Å². The van der Waals surface area contributed by atoms with Crippen LogP contribution in [0.2, 0.25) is 0 Å². The number of primary amides is 1. The first-order valence-electron chi connectivity index (χ1n) is 11.8. The average molecular weight is 501 g/mol. The Morgan fingerprint density at radius 2 is 1.94 bits per heavy atom. The summed E-state index contributed by atoms with van der Waals surface area (Å²) in [5, 5.41) is 12.7. The van der Waals surface area contributed by atoms with Crippen LogP contribution in [0.5, 0.6) is 0 Å². The van der Waals surface area contributed by atoms with E-state index in [0.717, 1.165) is 16.5 Å². The van der Waals surface area contributed by atoms with Gasteiger partial charge in [-0.3, -0.25) is 29.2 Å². The summed E-state index contributed by atoms with van der Waals surface area (Å²) in [6.45, 7) is 1.83. The molecule has 1 fully saturated rings. The number of nitrogens with two attached hydrogens (primary N) is 1. The maximum absolute atomic E-state index is 13.3.